The van der Waals surface area contributed by atoms with Crippen LogP contribution in [0.15, 0.2) is 29.4 Å². The molecular weight excluding hydrogens is 226 g/mol. The molecule has 1 aliphatic rings. The van der Waals surface area contributed by atoms with Crippen molar-refractivity contribution >= 4 is 11.5 Å². The van der Waals surface area contributed by atoms with E-state index in [0.717, 1.165) is 31.5 Å². The van der Waals surface area contributed by atoms with Gasteiger partial charge in [-0.25, -0.2) is 0 Å². The normalized spacial score (nSPS) is 17.5. The van der Waals surface area contributed by atoms with E-state index in [9.17, 15) is 0 Å². The predicted molar refractivity (Wildman–Crippen MR) is 74.0 cm³/mol. The fourth-order valence-corrected chi connectivity index (χ4v) is 2.20. The maximum absolute atomic E-state index is 8.62. The Morgan fingerprint density at radius 1 is 1.50 bits per heavy atom. The first-order chi connectivity index (χ1) is 8.67. The summed E-state index contributed by atoms with van der Waals surface area (Å²) in [4.78, 5) is 0. The van der Waals surface area contributed by atoms with Crippen molar-refractivity contribution in [2.24, 2.45) is 16.3 Å². The Labute approximate surface area is 108 Å². The predicted octanol–water partition coefficient (Wildman–Crippen LogP) is 2.58. The van der Waals surface area contributed by atoms with E-state index < -0.39 is 0 Å². The number of hydrogen-bond acceptors (Lipinski definition) is 3. The van der Waals surface area contributed by atoms with Gasteiger partial charge in [-0.3, -0.25) is 0 Å². The van der Waals surface area contributed by atoms with Crippen LogP contribution in [0.2, 0.25) is 0 Å². The molecule has 1 aliphatic carbocycles. The zero-order chi connectivity index (χ0) is 13.0. The van der Waals surface area contributed by atoms with Crippen LogP contribution in [0.1, 0.15) is 31.7 Å². The monoisotopic (exact) mass is 247 g/mol. The summed E-state index contributed by atoms with van der Waals surface area (Å²) >= 11 is 0. The number of amidine groups is 1. The molecule has 0 saturated heterocycles. The molecule has 98 valence electrons. The molecule has 0 radical (unpaired) electrons. The van der Waals surface area contributed by atoms with E-state index in [0.29, 0.717) is 12.3 Å². The smallest absolute Gasteiger partial charge is 0.139 e. The molecule has 0 aromatic heterocycles. The topological polar surface area (TPSA) is 70.6 Å². The summed E-state index contributed by atoms with van der Waals surface area (Å²) in [6, 6.07) is 8.47. The van der Waals surface area contributed by atoms with Gasteiger partial charge in [-0.2, -0.15) is 0 Å². The van der Waals surface area contributed by atoms with E-state index in [1.54, 1.807) is 0 Å². The molecular formula is C14H21N3O. The molecule has 0 bridgehead atoms. The van der Waals surface area contributed by atoms with E-state index in [1.807, 2.05) is 0 Å². The summed E-state index contributed by atoms with van der Waals surface area (Å²) in [6.07, 6.45) is 4.00. The largest absolute Gasteiger partial charge is 0.409 e. The highest BCUT2D eigenvalue weighted by Crippen LogP contribution is 2.48. The van der Waals surface area contributed by atoms with Crippen LogP contribution in [-0.2, 0) is 6.42 Å². The lowest BCUT2D eigenvalue weighted by molar-refractivity contribution is 0.315. The number of oxime groups is 1. The fraction of sp³-hybridized carbons (Fsp3) is 0.500. The third-order valence-electron chi connectivity index (χ3n) is 3.64. The first-order valence-electron chi connectivity index (χ1n) is 6.47. The number of nitrogens with two attached hydrogens (primary N) is 1. The zero-order valence-corrected chi connectivity index (χ0v) is 10.8. The third kappa shape index (κ3) is 3.15. The second kappa shape index (κ2) is 5.29. The van der Waals surface area contributed by atoms with Gasteiger partial charge in [-0.05, 0) is 42.4 Å². The Balaban J connectivity index is 1.91. The summed E-state index contributed by atoms with van der Waals surface area (Å²) < 4.78 is 0. The van der Waals surface area contributed by atoms with Crippen molar-refractivity contribution in [3.8, 4) is 0 Å². The number of nitrogens with one attached hydrogen (secondary N) is 1. The quantitative estimate of drug-likeness (QED) is 0.313. The van der Waals surface area contributed by atoms with Crippen LogP contribution < -0.4 is 11.1 Å². The molecule has 18 heavy (non-hydrogen) atoms. The first-order valence-corrected chi connectivity index (χ1v) is 6.47. The Kier molecular flexibility index (Phi) is 3.75. The van der Waals surface area contributed by atoms with Gasteiger partial charge in [0.15, 0.2) is 0 Å². The number of nitrogens with zero attached hydrogens (tertiary/aromatic N) is 1. The van der Waals surface area contributed by atoms with E-state index in [-0.39, 0.29) is 5.41 Å². The average molecular weight is 247 g/mol. The minimum absolute atomic E-state index is 0.193. The van der Waals surface area contributed by atoms with Crippen LogP contribution in [0, 0.1) is 5.41 Å². The molecule has 1 fully saturated rings. The standard InChI is InChI=1S/C14H21N3O/c1-2-11-4-3-5-12(8-11)16-10-14(6-7-14)9-13(15)17-18/h3-5,8,16,18H,2,6-7,9-10H2,1H3,(H2,15,17). The highest BCUT2D eigenvalue weighted by Gasteiger charge is 2.43. The maximum Gasteiger partial charge on any atom is 0.139 e. The molecule has 0 amide bonds. The molecule has 0 heterocycles. The number of aryl methyl sites for hydroxylation is 1. The summed E-state index contributed by atoms with van der Waals surface area (Å²) in [5, 5.41) is 15.1. The third-order valence-corrected chi connectivity index (χ3v) is 3.64. The van der Waals surface area contributed by atoms with Crippen molar-refractivity contribution in [3.05, 3.63) is 29.8 Å². The van der Waals surface area contributed by atoms with E-state index in [2.05, 4.69) is 41.7 Å². The van der Waals surface area contributed by atoms with E-state index >= 15 is 0 Å². The number of benzene rings is 1. The van der Waals surface area contributed by atoms with Gasteiger partial charge in [0, 0.05) is 18.7 Å². The molecule has 0 unspecified atom stereocenters. The lowest BCUT2D eigenvalue weighted by Crippen LogP contribution is -2.23. The van der Waals surface area contributed by atoms with E-state index in [4.69, 9.17) is 10.9 Å². The maximum atomic E-state index is 8.62. The van der Waals surface area contributed by atoms with Gasteiger partial charge in [0.05, 0.1) is 0 Å². The van der Waals surface area contributed by atoms with Crippen LogP contribution in [0.4, 0.5) is 5.69 Å². The van der Waals surface area contributed by atoms with Crippen molar-refractivity contribution in [1.29, 1.82) is 0 Å². The second-order valence-corrected chi connectivity index (χ2v) is 5.18. The van der Waals surface area contributed by atoms with Gasteiger partial charge in [0.25, 0.3) is 0 Å². The van der Waals surface area contributed by atoms with Gasteiger partial charge in [0.1, 0.15) is 5.84 Å². The van der Waals surface area contributed by atoms with Gasteiger partial charge in [-0.1, -0.05) is 24.2 Å². The number of rotatable bonds is 6. The Morgan fingerprint density at radius 2 is 2.28 bits per heavy atom. The molecule has 0 atom stereocenters. The van der Waals surface area contributed by atoms with Crippen molar-refractivity contribution in [2.45, 2.75) is 32.6 Å². The molecule has 4 N–H and O–H groups in total. The van der Waals surface area contributed by atoms with Crippen molar-refractivity contribution in [3.63, 3.8) is 0 Å². The van der Waals surface area contributed by atoms with Crippen LogP contribution in [0.5, 0.6) is 0 Å². The summed E-state index contributed by atoms with van der Waals surface area (Å²) in [7, 11) is 0. The summed E-state index contributed by atoms with van der Waals surface area (Å²) in [6.45, 7) is 3.04. The minimum atomic E-state index is 0.193. The lowest BCUT2D eigenvalue weighted by Gasteiger charge is -2.16. The highest BCUT2D eigenvalue weighted by molar-refractivity contribution is 5.80. The average Bonchev–Trinajstić information content (AvgIpc) is 3.17. The van der Waals surface area contributed by atoms with Crippen LogP contribution in [0.25, 0.3) is 0 Å². The van der Waals surface area contributed by atoms with Crippen LogP contribution in [-0.4, -0.2) is 17.6 Å². The van der Waals surface area contributed by atoms with Crippen molar-refractivity contribution in [2.75, 3.05) is 11.9 Å². The molecule has 0 spiro atoms. The SMILES string of the molecule is CCc1cccc(NCC2(CC(N)=NO)CC2)c1. The van der Waals surface area contributed by atoms with Crippen LogP contribution in [0.3, 0.4) is 0 Å². The molecule has 4 nitrogen and oxygen atoms in total. The molecule has 4 heteroatoms. The Morgan fingerprint density at radius 3 is 2.89 bits per heavy atom. The lowest BCUT2D eigenvalue weighted by atomic mass is 10.0. The van der Waals surface area contributed by atoms with Crippen molar-refractivity contribution < 1.29 is 5.21 Å². The second-order valence-electron chi connectivity index (χ2n) is 5.18. The molecule has 1 aromatic rings. The zero-order valence-electron chi connectivity index (χ0n) is 10.8. The molecule has 2 rings (SSSR count). The molecule has 0 aliphatic heterocycles. The fourth-order valence-electron chi connectivity index (χ4n) is 2.20. The Hall–Kier alpha value is -1.71. The Bertz CT molecular complexity index is 438. The summed E-state index contributed by atoms with van der Waals surface area (Å²) in [5.41, 5.74) is 8.27. The highest BCUT2D eigenvalue weighted by atomic mass is 16.4. The van der Waals surface area contributed by atoms with E-state index in [1.165, 1.54) is 5.56 Å². The number of anilines is 1. The van der Waals surface area contributed by atoms with Gasteiger partial charge < -0.3 is 16.3 Å². The van der Waals surface area contributed by atoms with Gasteiger partial charge in [-0.15, -0.1) is 0 Å². The number of hydrogen-bond donors (Lipinski definition) is 3. The van der Waals surface area contributed by atoms with Crippen LogP contribution >= 0.6 is 0 Å². The van der Waals surface area contributed by atoms with Gasteiger partial charge >= 0.3 is 0 Å². The summed E-state index contributed by atoms with van der Waals surface area (Å²) in [5.74, 6) is 0.330. The first kappa shape index (κ1) is 12.7. The van der Waals surface area contributed by atoms with Gasteiger partial charge in [0.2, 0.25) is 0 Å². The molecule has 1 aromatic carbocycles. The minimum Gasteiger partial charge on any atom is -0.409 e. The molecule has 1 saturated carbocycles. The van der Waals surface area contributed by atoms with Crippen molar-refractivity contribution in [1.82, 2.24) is 0 Å².